The number of carbonyl (C=O) groups excluding carboxylic acids is 1. The van der Waals surface area contributed by atoms with Gasteiger partial charge in [0.15, 0.2) is 0 Å². The second kappa shape index (κ2) is 7.77. The summed E-state index contributed by atoms with van der Waals surface area (Å²) in [7, 11) is 0. The van der Waals surface area contributed by atoms with Crippen molar-refractivity contribution in [3.8, 4) is 0 Å². The number of amides is 1. The molecule has 2 heterocycles. The zero-order valence-corrected chi connectivity index (χ0v) is 14.4. The Morgan fingerprint density at radius 1 is 1.12 bits per heavy atom. The summed E-state index contributed by atoms with van der Waals surface area (Å²) in [5.41, 5.74) is 3.04. The smallest absolute Gasteiger partial charge is 0.257 e. The number of pyridine rings is 2. The standard InChI is InChI=1S/C19H17ClN4O/c1-13-10-15(20)6-7-17(13)24-19(25)14-5-8-18(22-11-14)23-12-16-4-2-3-9-21-16/h2-11H,12H2,1H3,(H,22,23)(H,24,25). The van der Waals surface area contributed by atoms with Crippen LogP contribution in [0.5, 0.6) is 0 Å². The highest BCUT2D eigenvalue weighted by Gasteiger charge is 2.08. The molecule has 2 N–H and O–H groups in total. The average Bonchev–Trinajstić information content (AvgIpc) is 2.63. The molecule has 0 aliphatic rings. The Balaban J connectivity index is 1.62. The Labute approximate surface area is 151 Å². The van der Waals surface area contributed by atoms with E-state index in [0.29, 0.717) is 22.9 Å². The van der Waals surface area contributed by atoms with Crippen LogP contribution in [0.2, 0.25) is 5.02 Å². The Morgan fingerprint density at radius 3 is 2.68 bits per heavy atom. The third-order valence-electron chi connectivity index (χ3n) is 3.64. The molecule has 3 aromatic rings. The van der Waals surface area contributed by atoms with E-state index in [9.17, 15) is 4.79 Å². The van der Waals surface area contributed by atoms with Gasteiger partial charge in [0.05, 0.1) is 17.8 Å². The van der Waals surface area contributed by atoms with Crippen LogP contribution in [0.25, 0.3) is 0 Å². The average molecular weight is 353 g/mol. The van der Waals surface area contributed by atoms with Crippen molar-refractivity contribution in [1.29, 1.82) is 0 Å². The largest absolute Gasteiger partial charge is 0.364 e. The summed E-state index contributed by atoms with van der Waals surface area (Å²) in [6.45, 7) is 2.47. The molecule has 1 amide bonds. The molecule has 5 nitrogen and oxygen atoms in total. The number of benzene rings is 1. The molecular formula is C19H17ClN4O. The minimum absolute atomic E-state index is 0.214. The zero-order chi connectivity index (χ0) is 17.6. The van der Waals surface area contributed by atoms with Gasteiger partial charge >= 0.3 is 0 Å². The molecule has 3 rings (SSSR count). The first kappa shape index (κ1) is 16.9. The van der Waals surface area contributed by atoms with Gasteiger partial charge in [-0.1, -0.05) is 17.7 Å². The molecule has 0 spiro atoms. The van der Waals surface area contributed by atoms with Gasteiger partial charge in [0.25, 0.3) is 5.91 Å². The lowest BCUT2D eigenvalue weighted by atomic mass is 10.2. The van der Waals surface area contributed by atoms with E-state index >= 15 is 0 Å². The van der Waals surface area contributed by atoms with Gasteiger partial charge in [0, 0.05) is 23.1 Å². The first-order valence-electron chi connectivity index (χ1n) is 7.79. The third-order valence-corrected chi connectivity index (χ3v) is 3.87. The maximum absolute atomic E-state index is 12.3. The number of carbonyl (C=O) groups is 1. The van der Waals surface area contributed by atoms with Gasteiger partial charge < -0.3 is 10.6 Å². The van der Waals surface area contributed by atoms with E-state index < -0.39 is 0 Å². The summed E-state index contributed by atoms with van der Waals surface area (Å²) in [6.07, 6.45) is 3.29. The second-order valence-electron chi connectivity index (χ2n) is 5.52. The molecule has 0 saturated carbocycles. The number of nitrogens with zero attached hydrogens (tertiary/aromatic N) is 2. The Hall–Kier alpha value is -2.92. The molecule has 0 aliphatic carbocycles. The van der Waals surface area contributed by atoms with E-state index in [1.807, 2.05) is 25.1 Å². The van der Waals surface area contributed by atoms with E-state index in [0.717, 1.165) is 16.9 Å². The highest BCUT2D eigenvalue weighted by Crippen LogP contribution is 2.20. The lowest BCUT2D eigenvalue weighted by molar-refractivity contribution is 0.102. The topological polar surface area (TPSA) is 66.9 Å². The number of rotatable bonds is 5. The maximum Gasteiger partial charge on any atom is 0.257 e. The highest BCUT2D eigenvalue weighted by atomic mass is 35.5. The molecule has 126 valence electrons. The highest BCUT2D eigenvalue weighted by molar-refractivity contribution is 6.30. The van der Waals surface area contributed by atoms with Crippen LogP contribution in [0.3, 0.4) is 0 Å². The van der Waals surface area contributed by atoms with Gasteiger partial charge in [0.2, 0.25) is 0 Å². The maximum atomic E-state index is 12.3. The van der Waals surface area contributed by atoms with Crippen LogP contribution in [-0.4, -0.2) is 15.9 Å². The molecular weight excluding hydrogens is 336 g/mol. The molecule has 0 fully saturated rings. The molecule has 6 heteroatoms. The monoisotopic (exact) mass is 352 g/mol. The van der Waals surface area contributed by atoms with Crippen molar-refractivity contribution in [3.05, 3.63) is 82.8 Å². The fourth-order valence-corrected chi connectivity index (χ4v) is 2.51. The van der Waals surface area contributed by atoms with Crippen molar-refractivity contribution in [2.75, 3.05) is 10.6 Å². The van der Waals surface area contributed by atoms with Crippen molar-refractivity contribution < 1.29 is 4.79 Å². The van der Waals surface area contributed by atoms with Gasteiger partial charge in [-0.15, -0.1) is 0 Å². The number of halogens is 1. The minimum atomic E-state index is -0.214. The quantitative estimate of drug-likeness (QED) is 0.718. The van der Waals surface area contributed by atoms with Crippen LogP contribution >= 0.6 is 11.6 Å². The number of hydrogen-bond acceptors (Lipinski definition) is 4. The molecule has 0 aliphatic heterocycles. The van der Waals surface area contributed by atoms with Crippen molar-refractivity contribution >= 4 is 29.0 Å². The van der Waals surface area contributed by atoms with Gasteiger partial charge in [0.1, 0.15) is 5.82 Å². The van der Waals surface area contributed by atoms with Crippen LogP contribution < -0.4 is 10.6 Å². The van der Waals surface area contributed by atoms with Crippen molar-refractivity contribution in [2.24, 2.45) is 0 Å². The van der Waals surface area contributed by atoms with Crippen LogP contribution in [0.4, 0.5) is 11.5 Å². The minimum Gasteiger partial charge on any atom is -0.364 e. The van der Waals surface area contributed by atoms with E-state index in [4.69, 9.17) is 11.6 Å². The van der Waals surface area contributed by atoms with Gasteiger partial charge in [-0.3, -0.25) is 9.78 Å². The van der Waals surface area contributed by atoms with Gasteiger partial charge in [-0.2, -0.15) is 0 Å². The van der Waals surface area contributed by atoms with E-state index in [1.165, 1.54) is 0 Å². The Bertz CT molecular complexity index is 866. The molecule has 1 aromatic carbocycles. The summed E-state index contributed by atoms with van der Waals surface area (Å²) in [4.78, 5) is 20.8. The fourth-order valence-electron chi connectivity index (χ4n) is 2.28. The summed E-state index contributed by atoms with van der Waals surface area (Å²) in [5, 5.41) is 6.67. The first-order chi connectivity index (χ1) is 12.1. The van der Waals surface area contributed by atoms with E-state index in [-0.39, 0.29) is 5.91 Å². The summed E-state index contributed by atoms with van der Waals surface area (Å²) in [5.74, 6) is 0.471. The number of nitrogens with one attached hydrogen (secondary N) is 2. The molecule has 25 heavy (non-hydrogen) atoms. The molecule has 0 saturated heterocycles. The summed E-state index contributed by atoms with van der Waals surface area (Å²) >= 11 is 5.93. The summed E-state index contributed by atoms with van der Waals surface area (Å²) in [6, 6.07) is 14.6. The van der Waals surface area contributed by atoms with Crippen molar-refractivity contribution in [1.82, 2.24) is 9.97 Å². The molecule has 0 atom stereocenters. The normalized spacial score (nSPS) is 10.3. The lowest BCUT2D eigenvalue weighted by Crippen LogP contribution is -2.13. The van der Waals surface area contributed by atoms with E-state index in [1.54, 1.807) is 42.7 Å². The fraction of sp³-hybridized carbons (Fsp3) is 0.105. The Kier molecular flexibility index (Phi) is 5.26. The molecule has 2 aromatic heterocycles. The number of hydrogen-bond donors (Lipinski definition) is 2. The van der Waals surface area contributed by atoms with Crippen LogP contribution in [0.15, 0.2) is 60.9 Å². The van der Waals surface area contributed by atoms with Crippen LogP contribution in [0, 0.1) is 6.92 Å². The molecule has 0 unspecified atom stereocenters. The predicted molar refractivity (Wildman–Crippen MR) is 99.9 cm³/mol. The van der Waals surface area contributed by atoms with Gasteiger partial charge in [-0.05, 0) is 55.0 Å². The first-order valence-corrected chi connectivity index (χ1v) is 8.17. The number of anilines is 2. The number of aryl methyl sites for hydroxylation is 1. The lowest BCUT2D eigenvalue weighted by Gasteiger charge is -2.09. The SMILES string of the molecule is Cc1cc(Cl)ccc1NC(=O)c1ccc(NCc2ccccn2)nc1. The molecule has 0 radical (unpaired) electrons. The van der Waals surface area contributed by atoms with Crippen molar-refractivity contribution in [2.45, 2.75) is 13.5 Å². The zero-order valence-electron chi connectivity index (χ0n) is 13.7. The van der Waals surface area contributed by atoms with E-state index in [2.05, 4.69) is 20.6 Å². The predicted octanol–water partition coefficient (Wildman–Crippen LogP) is 4.30. The van der Waals surface area contributed by atoms with Crippen LogP contribution in [-0.2, 0) is 6.54 Å². The summed E-state index contributed by atoms with van der Waals surface area (Å²) < 4.78 is 0. The molecule has 0 bridgehead atoms. The van der Waals surface area contributed by atoms with Crippen LogP contribution in [0.1, 0.15) is 21.6 Å². The third kappa shape index (κ3) is 4.55. The number of aromatic nitrogens is 2. The Morgan fingerprint density at radius 2 is 2.00 bits per heavy atom. The second-order valence-corrected chi connectivity index (χ2v) is 5.96. The van der Waals surface area contributed by atoms with Crippen molar-refractivity contribution in [3.63, 3.8) is 0 Å². The van der Waals surface area contributed by atoms with Gasteiger partial charge in [-0.25, -0.2) is 4.98 Å².